The molecule has 3 rings (SSSR count). The number of para-hydroxylation sites is 1. The molecule has 0 spiro atoms. The minimum Gasteiger partial charge on any atom is -0.480 e. The number of aromatic nitrogens is 1. The van der Waals surface area contributed by atoms with Crippen LogP contribution in [-0.2, 0) is 11.2 Å². The summed E-state index contributed by atoms with van der Waals surface area (Å²) in [5, 5.41) is 14.4. The highest BCUT2D eigenvalue weighted by Gasteiger charge is 2.18. The van der Waals surface area contributed by atoms with Crippen LogP contribution < -0.4 is 5.32 Å². The van der Waals surface area contributed by atoms with Crippen molar-refractivity contribution in [2.24, 2.45) is 0 Å². The molecule has 1 atom stereocenters. The number of carbonyl (C=O) groups is 1. The molecule has 2 aromatic carbocycles. The van der Waals surface area contributed by atoms with Crippen LogP contribution in [0.1, 0.15) is 31.7 Å². The third-order valence-electron chi connectivity index (χ3n) is 4.30. The van der Waals surface area contributed by atoms with E-state index in [-0.39, 0.29) is 0 Å². The van der Waals surface area contributed by atoms with Crippen molar-refractivity contribution in [3.8, 4) is 0 Å². The van der Waals surface area contributed by atoms with Gasteiger partial charge in [-0.2, -0.15) is 0 Å². The molecule has 0 saturated heterocycles. The number of aliphatic carboxylic acids is 1. The maximum absolute atomic E-state index is 11.4. The summed E-state index contributed by atoms with van der Waals surface area (Å²) in [6.45, 7) is 2.90. The van der Waals surface area contributed by atoms with Gasteiger partial charge in [0, 0.05) is 28.5 Å². The monoisotopic (exact) mass is 386 g/mol. The fourth-order valence-corrected chi connectivity index (χ4v) is 2.98. The zero-order chi connectivity index (χ0) is 19.5. The molecule has 1 heterocycles. The Labute approximate surface area is 165 Å². The second kappa shape index (κ2) is 11.4. The summed E-state index contributed by atoms with van der Waals surface area (Å²) >= 11 is 5.54. The van der Waals surface area contributed by atoms with Crippen LogP contribution in [0.3, 0.4) is 0 Å². The number of nitrogens with one attached hydrogen (secondary N) is 2. The average molecular weight is 387 g/mol. The van der Waals surface area contributed by atoms with Crippen molar-refractivity contribution in [2.75, 3.05) is 6.54 Å². The lowest BCUT2D eigenvalue weighted by Gasteiger charge is -2.14. The molecule has 1 aromatic heterocycles. The van der Waals surface area contributed by atoms with Gasteiger partial charge in [0.25, 0.3) is 0 Å². The van der Waals surface area contributed by atoms with Crippen LogP contribution in [0.5, 0.6) is 0 Å². The number of carboxylic acids is 1. The summed E-state index contributed by atoms with van der Waals surface area (Å²) in [5.74, 6) is -0.785. The van der Waals surface area contributed by atoms with Crippen molar-refractivity contribution in [1.29, 1.82) is 0 Å². The third kappa shape index (κ3) is 7.08. The maximum atomic E-state index is 11.4. The molecule has 4 nitrogen and oxygen atoms in total. The molecule has 144 valence electrons. The second-order valence-corrected chi connectivity index (χ2v) is 6.85. The first-order chi connectivity index (χ1) is 13.1. The van der Waals surface area contributed by atoms with Crippen LogP contribution >= 0.6 is 11.6 Å². The van der Waals surface area contributed by atoms with Crippen LogP contribution in [0, 0.1) is 0 Å². The first-order valence-corrected chi connectivity index (χ1v) is 9.71. The van der Waals surface area contributed by atoms with E-state index in [0.717, 1.165) is 47.3 Å². The predicted octanol–water partition coefficient (Wildman–Crippen LogP) is 5.28. The van der Waals surface area contributed by atoms with Crippen molar-refractivity contribution in [3.05, 3.63) is 71.4 Å². The third-order valence-corrected chi connectivity index (χ3v) is 4.55. The topological polar surface area (TPSA) is 65.1 Å². The lowest BCUT2D eigenvalue weighted by molar-refractivity contribution is -0.139. The summed E-state index contributed by atoms with van der Waals surface area (Å²) in [7, 11) is 0. The number of fused-ring (bicyclic) bond motifs is 1. The van der Waals surface area contributed by atoms with Gasteiger partial charge in [0.15, 0.2) is 0 Å². The Balaban J connectivity index is 0.000000313. The molecule has 5 heteroatoms. The number of halogens is 1. The van der Waals surface area contributed by atoms with Gasteiger partial charge in [-0.3, -0.25) is 4.79 Å². The molecule has 0 amide bonds. The van der Waals surface area contributed by atoms with Gasteiger partial charge in [0.1, 0.15) is 6.04 Å². The Bertz CT molecular complexity index is 817. The number of unbranched alkanes of at least 4 members (excludes halogenated alkanes) is 2. The van der Waals surface area contributed by atoms with Crippen LogP contribution in [-0.4, -0.2) is 28.6 Å². The summed E-state index contributed by atoms with van der Waals surface area (Å²) in [4.78, 5) is 14.5. The Hall–Kier alpha value is -2.30. The zero-order valence-electron chi connectivity index (χ0n) is 15.6. The van der Waals surface area contributed by atoms with Gasteiger partial charge in [-0.25, -0.2) is 0 Å². The number of carboxylic acid groups (broad SMARTS) is 1. The summed E-state index contributed by atoms with van der Waals surface area (Å²) in [6, 6.07) is 16.9. The highest BCUT2D eigenvalue weighted by molar-refractivity contribution is 6.30. The zero-order valence-corrected chi connectivity index (χ0v) is 16.4. The number of H-pyrrole nitrogens is 1. The molecule has 3 aromatic rings. The number of hydrogen-bond donors (Lipinski definition) is 3. The fourth-order valence-electron chi connectivity index (χ4n) is 2.83. The first kappa shape index (κ1) is 21.0. The molecular formula is C22H27ClN2O2. The van der Waals surface area contributed by atoms with Gasteiger partial charge >= 0.3 is 5.97 Å². The smallest absolute Gasteiger partial charge is 0.321 e. The van der Waals surface area contributed by atoms with Gasteiger partial charge in [0.05, 0.1) is 0 Å². The van der Waals surface area contributed by atoms with Gasteiger partial charge in [0.2, 0.25) is 0 Å². The highest BCUT2D eigenvalue weighted by Crippen LogP contribution is 2.19. The SMILES string of the molecule is CCCCCNC(Cc1c[nH]c2ccccc12)C(=O)O.Clc1ccccc1. The maximum Gasteiger partial charge on any atom is 0.321 e. The molecule has 27 heavy (non-hydrogen) atoms. The fraction of sp³-hybridized carbons (Fsp3) is 0.318. The normalized spacial score (nSPS) is 11.6. The van der Waals surface area contributed by atoms with Crippen molar-refractivity contribution >= 4 is 28.5 Å². The van der Waals surface area contributed by atoms with Crippen molar-refractivity contribution < 1.29 is 9.90 Å². The number of rotatable bonds is 8. The quantitative estimate of drug-likeness (QED) is 0.461. The molecule has 1 unspecified atom stereocenters. The second-order valence-electron chi connectivity index (χ2n) is 6.41. The number of hydrogen-bond acceptors (Lipinski definition) is 2. The molecule has 0 aliphatic carbocycles. The van der Waals surface area contributed by atoms with Gasteiger partial charge in [-0.15, -0.1) is 0 Å². The summed E-state index contributed by atoms with van der Waals surface area (Å²) < 4.78 is 0. The van der Waals surface area contributed by atoms with Gasteiger partial charge in [-0.05, 0) is 36.7 Å². The molecule has 0 aliphatic heterocycles. The van der Waals surface area contributed by atoms with Gasteiger partial charge < -0.3 is 15.4 Å². The number of aromatic amines is 1. The molecule has 0 saturated carbocycles. The minimum absolute atomic E-state index is 0.505. The average Bonchev–Trinajstić information content (AvgIpc) is 3.08. The molecule has 0 aliphatic rings. The molecule has 3 N–H and O–H groups in total. The molecule has 0 bridgehead atoms. The van der Waals surface area contributed by atoms with E-state index in [1.807, 2.05) is 60.8 Å². The number of benzene rings is 2. The van der Waals surface area contributed by atoms with E-state index in [4.69, 9.17) is 11.6 Å². The van der Waals surface area contributed by atoms with Crippen LogP contribution in [0.25, 0.3) is 10.9 Å². The lowest BCUT2D eigenvalue weighted by Crippen LogP contribution is -2.39. The molecule has 0 fully saturated rings. The van der Waals surface area contributed by atoms with E-state index in [9.17, 15) is 9.90 Å². The lowest BCUT2D eigenvalue weighted by atomic mass is 10.0. The van der Waals surface area contributed by atoms with Crippen molar-refractivity contribution in [1.82, 2.24) is 10.3 Å². The Morgan fingerprint density at radius 2 is 1.81 bits per heavy atom. The van der Waals surface area contributed by atoms with Crippen LogP contribution in [0.4, 0.5) is 0 Å². The minimum atomic E-state index is -0.785. The van der Waals surface area contributed by atoms with E-state index in [2.05, 4.69) is 17.2 Å². The largest absolute Gasteiger partial charge is 0.480 e. The van der Waals surface area contributed by atoms with Crippen LogP contribution in [0.15, 0.2) is 60.8 Å². The first-order valence-electron chi connectivity index (χ1n) is 9.33. The predicted molar refractivity (Wildman–Crippen MR) is 112 cm³/mol. The van der Waals surface area contributed by atoms with Crippen molar-refractivity contribution in [3.63, 3.8) is 0 Å². The summed E-state index contributed by atoms with van der Waals surface area (Å²) in [5.41, 5.74) is 2.11. The standard InChI is InChI=1S/C16H22N2O2.C6H5Cl/c1-2-3-6-9-17-15(16(19)20)10-12-11-18-14-8-5-4-7-13(12)14;7-6-4-2-1-3-5-6/h4-5,7-8,11,15,17-18H,2-3,6,9-10H2,1H3,(H,19,20);1-5H. The van der Waals surface area contributed by atoms with Gasteiger partial charge in [-0.1, -0.05) is 67.8 Å². The summed E-state index contributed by atoms with van der Waals surface area (Å²) in [6.07, 6.45) is 5.71. The highest BCUT2D eigenvalue weighted by atomic mass is 35.5. The van der Waals surface area contributed by atoms with Crippen LogP contribution in [0.2, 0.25) is 5.02 Å². The Morgan fingerprint density at radius 1 is 1.11 bits per heavy atom. The van der Waals surface area contributed by atoms with E-state index in [0.29, 0.717) is 6.42 Å². The van der Waals surface area contributed by atoms with Crippen molar-refractivity contribution in [2.45, 2.75) is 38.6 Å². The Kier molecular flexibility index (Phi) is 8.89. The van der Waals surface area contributed by atoms with E-state index in [1.165, 1.54) is 0 Å². The van der Waals surface area contributed by atoms with E-state index < -0.39 is 12.0 Å². The molecule has 0 radical (unpaired) electrons. The Morgan fingerprint density at radius 3 is 2.44 bits per heavy atom. The van der Waals surface area contributed by atoms with E-state index in [1.54, 1.807) is 0 Å². The molecular weight excluding hydrogens is 360 g/mol. The van der Waals surface area contributed by atoms with E-state index >= 15 is 0 Å².